The van der Waals surface area contributed by atoms with Crippen molar-refractivity contribution in [2.75, 3.05) is 0 Å². The summed E-state index contributed by atoms with van der Waals surface area (Å²) >= 11 is 0. The van der Waals surface area contributed by atoms with Crippen LogP contribution in [0.4, 0.5) is 0 Å². The summed E-state index contributed by atoms with van der Waals surface area (Å²) < 4.78 is 5.28. The average molecular weight is 317 g/mol. The third-order valence-electron chi connectivity index (χ3n) is 3.78. The van der Waals surface area contributed by atoms with E-state index in [0.717, 1.165) is 16.7 Å². The van der Waals surface area contributed by atoms with E-state index in [1.165, 1.54) is 0 Å². The highest BCUT2D eigenvalue weighted by atomic mass is 16.5. The molecule has 0 aliphatic rings. The van der Waals surface area contributed by atoms with Crippen LogP contribution in [0.3, 0.4) is 0 Å². The molecule has 0 heterocycles. The van der Waals surface area contributed by atoms with E-state index >= 15 is 0 Å². The van der Waals surface area contributed by atoms with Crippen LogP contribution in [0.25, 0.3) is 11.1 Å². The quantitative estimate of drug-likeness (QED) is 0.575. The number of hydrogen-bond acceptors (Lipinski definition) is 3. The lowest BCUT2D eigenvalue weighted by Gasteiger charge is -2.12. The Balaban J connectivity index is 1.62. The third kappa shape index (κ3) is 4.09. The Morgan fingerprint density at radius 3 is 1.96 bits per heavy atom. The zero-order chi connectivity index (χ0) is 16.8. The summed E-state index contributed by atoms with van der Waals surface area (Å²) in [6.07, 6.45) is 0.445. The molecule has 2 N–H and O–H groups in total. The molecule has 0 radical (unpaired) electrons. The van der Waals surface area contributed by atoms with Gasteiger partial charge < -0.3 is 10.5 Å². The molecule has 0 unspecified atom stereocenters. The van der Waals surface area contributed by atoms with Crippen molar-refractivity contribution in [2.24, 2.45) is 5.73 Å². The van der Waals surface area contributed by atoms with Crippen LogP contribution in [-0.4, -0.2) is 12.0 Å². The molecule has 0 spiro atoms. The van der Waals surface area contributed by atoms with Crippen molar-refractivity contribution < 1.29 is 9.53 Å². The first kappa shape index (κ1) is 16.0. The Hall–Kier alpha value is -2.91. The minimum atomic E-state index is -0.687. The first-order valence-electron chi connectivity index (χ1n) is 7.89. The van der Waals surface area contributed by atoms with Crippen molar-refractivity contribution in [3.63, 3.8) is 0 Å². The molecule has 3 aromatic rings. The summed E-state index contributed by atoms with van der Waals surface area (Å²) in [6, 6.07) is 26.5. The fourth-order valence-electron chi connectivity index (χ4n) is 2.48. The van der Waals surface area contributed by atoms with E-state index in [-0.39, 0.29) is 0 Å². The second-order valence-corrected chi connectivity index (χ2v) is 5.61. The average Bonchev–Trinajstić information content (AvgIpc) is 2.64. The van der Waals surface area contributed by atoms with Crippen molar-refractivity contribution in [2.45, 2.75) is 12.5 Å². The molecule has 3 aromatic carbocycles. The number of hydrogen-bond donors (Lipinski definition) is 1. The molecule has 0 fully saturated rings. The highest BCUT2D eigenvalue weighted by Gasteiger charge is 2.16. The number of benzene rings is 3. The molecular weight excluding hydrogens is 298 g/mol. The number of nitrogens with two attached hydrogens (primary N) is 1. The maximum absolute atomic E-state index is 12.1. The summed E-state index contributed by atoms with van der Waals surface area (Å²) in [6.45, 7) is 0. The summed E-state index contributed by atoms with van der Waals surface area (Å²) in [5.41, 5.74) is 9.28. The van der Waals surface area contributed by atoms with E-state index in [2.05, 4.69) is 12.1 Å². The predicted octanol–water partition coefficient (Wildman–Crippen LogP) is 3.83. The van der Waals surface area contributed by atoms with Crippen LogP contribution >= 0.6 is 0 Å². The molecule has 1 atom stereocenters. The third-order valence-corrected chi connectivity index (χ3v) is 3.78. The lowest BCUT2D eigenvalue weighted by Crippen LogP contribution is -2.36. The van der Waals surface area contributed by atoms with Gasteiger partial charge in [-0.15, -0.1) is 0 Å². The molecule has 0 amide bonds. The Morgan fingerprint density at radius 2 is 1.33 bits per heavy atom. The minimum Gasteiger partial charge on any atom is -0.425 e. The fourth-order valence-corrected chi connectivity index (χ4v) is 2.48. The van der Waals surface area contributed by atoms with Crippen molar-refractivity contribution >= 4 is 5.97 Å². The number of esters is 1. The molecule has 3 heteroatoms. The predicted molar refractivity (Wildman–Crippen MR) is 95.6 cm³/mol. The second-order valence-electron chi connectivity index (χ2n) is 5.61. The monoisotopic (exact) mass is 317 g/mol. The molecule has 24 heavy (non-hydrogen) atoms. The van der Waals surface area contributed by atoms with Crippen molar-refractivity contribution in [1.82, 2.24) is 0 Å². The Labute approximate surface area is 141 Å². The maximum atomic E-state index is 12.1. The van der Waals surface area contributed by atoms with Gasteiger partial charge in [0, 0.05) is 0 Å². The van der Waals surface area contributed by atoms with Crippen LogP contribution in [-0.2, 0) is 11.2 Å². The maximum Gasteiger partial charge on any atom is 0.328 e. The molecule has 0 saturated carbocycles. The van der Waals surface area contributed by atoms with E-state index in [9.17, 15) is 4.79 Å². The summed E-state index contributed by atoms with van der Waals surface area (Å²) in [5, 5.41) is 0. The minimum absolute atomic E-state index is 0.423. The smallest absolute Gasteiger partial charge is 0.328 e. The first-order valence-corrected chi connectivity index (χ1v) is 7.89. The lowest BCUT2D eigenvalue weighted by atomic mass is 10.0. The SMILES string of the molecule is N[C@@H](Cc1ccc(-c2ccccc2)cc1)C(=O)Oc1ccccc1. The van der Waals surface area contributed by atoms with Crippen molar-refractivity contribution in [3.8, 4) is 16.9 Å². The molecule has 0 aliphatic heterocycles. The van der Waals surface area contributed by atoms with Gasteiger partial charge in [0.1, 0.15) is 11.8 Å². The van der Waals surface area contributed by atoms with Gasteiger partial charge in [-0.05, 0) is 35.2 Å². The highest BCUT2D eigenvalue weighted by molar-refractivity contribution is 5.78. The molecular formula is C21H19NO2. The lowest BCUT2D eigenvalue weighted by molar-refractivity contribution is -0.135. The zero-order valence-corrected chi connectivity index (χ0v) is 13.3. The summed E-state index contributed by atoms with van der Waals surface area (Å²) in [7, 11) is 0. The molecule has 3 nitrogen and oxygen atoms in total. The van der Waals surface area contributed by atoms with Gasteiger partial charge in [-0.1, -0.05) is 72.8 Å². The van der Waals surface area contributed by atoms with Crippen LogP contribution in [0.5, 0.6) is 5.75 Å². The van der Waals surface area contributed by atoms with Gasteiger partial charge in [-0.3, -0.25) is 0 Å². The first-order chi connectivity index (χ1) is 11.7. The summed E-state index contributed by atoms with van der Waals surface area (Å²) in [4.78, 5) is 12.1. The van der Waals surface area contributed by atoms with Crippen LogP contribution in [0.2, 0.25) is 0 Å². The van der Waals surface area contributed by atoms with Gasteiger partial charge in [0.2, 0.25) is 0 Å². The van der Waals surface area contributed by atoms with E-state index in [1.807, 2.05) is 60.7 Å². The van der Waals surface area contributed by atoms with Gasteiger partial charge in [0.15, 0.2) is 0 Å². The molecule has 0 saturated heterocycles. The normalized spacial score (nSPS) is 11.7. The van der Waals surface area contributed by atoms with Gasteiger partial charge in [0.25, 0.3) is 0 Å². The van der Waals surface area contributed by atoms with Gasteiger partial charge >= 0.3 is 5.97 Å². The van der Waals surface area contributed by atoms with Crippen molar-refractivity contribution in [1.29, 1.82) is 0 Å². The van der Waals surface area contributed by atoms with Gasteiger partial charge in [0.05, 0.1) is 0 Å². The molecule has 120 valence electrons. The Morgan fingerprint density at radius 1 is 0.792 bits per heavy atom. The zero-order valence-electron chi connectivity index (χ0n) is 13.3. The number of carbonyl (C=O) groups excluding carboxylic acids is 1. The summed E-state index contributed by atoms with van der Waals surface area (Å²) in [5.74, 6) is 0.0886. The van der Waals surface area contributed by atoms with Crippen LogP contribution in [0, 0.1) is 0 Å². The van der Waals surface area contributed by atoms with E-state index in [1.54, 1.807) is 12.1 Å². The fraction of sp³-hybridized carbons (Fsp3) is 0.0952. The van der Waals surface area contributed by atoms with Crippen LogP contribution < -0.4 is 10.5 Å². The highest BCUT2D eigenvalue weighted by Crippen LogP contribution is 2.19. The van der Waals surface area contributed by atoms with Crippen LogP contribution in [0.1, 0.15) is 5.56 Å². The number of carbonyl (C=O) groups is 1. The van der Waals surface area contributed by atoms with Gasteiger partial charge in [-0.2, -0.15) is 0 Å². The Kier molecular flexibility index (Phi) is 5.04. The Bertz CT molecular complexity index is 783. The van der Waals surface area contributed by atoms with E-state index in [0.29, 0.717) is 12.2 Å². The van der Waals surface area contributed by atoms with Crippen molar-refractivity contribution in [3.05, 3.63) is 90.5 Å². The molecule has 3 rings (SSSR count). The number of para-hydroxylation sites is 1. The standard InChI is InChI=1S/C21H19NO2/c22-20(21(23)24-19-9-5-2-6-10-19)15-16-11-13-18(14-12-16)17-7-3-1-4-8-17/h1-14,20H,15,22H2/t20-/m0/s1. The van der Waals surface area contributed by atoms with E-state index < -0.39 is 12.0 Å². The number of ether oxygens (including phenoxy) is 1. The molecule has 0 aliphatic carbocycles. The van der Waals surface area contributed by atoms with Crippen LogP contribution in [0.15, 0.2) is 84.9 Å². The topological polar surface area (TPSA) is 52.3 Å². The second kappa shape index (κ2) is 7.57. The molecule has 0 bridgehead atoms. The van der Waals surface area contributed by atoms with E-state index in [4.69, 9.17) is 10.5 Å². The number of rotatable bonds is 5. The molecule has 0 aromatic heterocycles. The largest absolute Gasteiger partial charge is 0.425 e. The van der Waals surface area contributed by atoms with Gasteiger partial charge in [-0.25, -0.2) is 4.79 Å².